The van der Waals surface area contributed by atoms with Gasteiger partial charge in [0.1, 0.15) is 12.1 Å². The minimum atomic E-state index is -1.06. The highest BCUT2D eigenvalue weighted by Crippen LogP contribution is 2.51. The molecule has 1 fully saturated rings. The molecule has 1 heterocycles. The minimum absolute atomic E-state index is 0.0863. The van der Waals surface area contributed by atoms with Crippen LogP contribution in [-0.2, 0) is 35.1 Å². The van der Waals surface area contributed by atoms with Crippen LogP contribution in [0.5, 0.6) is 0 Å². The van der Waals surface area contributed by atoms with Crippen molar-refractivity contribution in [2.75, 3.05) is 19.5 Å². The summed E-state index contributed by atoms with van der Waals surface area (Å²) < 4.78 is 8.92. The first-order valence-electron chi connectivity index (χ1n) is 13.4. The molecule has 2 aromatic rings. The third-order valence-corrected chi connectivity index (χ3v) is 9.02. The van der Waals surface area contributed by atoms with Crippen LogP contribution in [0.2, 0.25) is 10.0 Å². The molecule has 43 heavy (non-hydrogen) atoms. The molecule has 0 aromatic heterocycles. The van der Waals surface area contributed by atoms with Crippen molar-refractivity contribution in [3.63, 3.8) is 0 Å². The molecule has 0 saturated carbocycles. The van der Waals surface area contributed by atoms with E-state index >= 15 is 0 Å². The normalized spacial score (nSPS) is 17.5. The molecule has 1 aliphatic rings. The van der Waals surface area contributed by atoms with Crippen LogP contribution >= 0.6 is 35.0 Å². The Hall–Kier alpha value is -3.28. The van der Waals surface area contributed by atoms with Gasteiger partial charge in [0.05, 0.1) is 41.1 Å². The van der Waals surface area contributed by atoms with Crippen LogP contribution in [0.1, 0.15) is 56.5 Å². The summed E-state index contributed by atoms with van der Waals surface area (Å²) in [6.07, 6.45) is -0.153. The number of hydrogen-bond donors (Lipinski definition) is 2. The number of anilines is 1. The van der Waals surface area contributed by atoms with Crippen LogP contribution < -0.4 is 10.6 Å². The van der Waals surface area contributed by atoms with Gasteiger partial charge < -0.3 is 25.0 Å². The van der Waals surface area contributed by atoms with E-state index in [4.69, 9.17) is 27.9 Å². The van der Waals surface area contributed by atoms with E-state index in [0.717, 1.165) is 0 Å². The zero-order valence-electron chi connectivity index (χ0n) is 24.8. The number of benzene rings is 2. The number of halogens is 2. The molecule has 3 rings (SSSR count). The Bertz CT molecular complexity index is 1380. The molecule has 2 atom stereocenters. The van der Waals surface area contributed by atoms with Crippen LogP contribution in [0.15, 0.2) is 42.5 Å². The highest BCUT2D eigenvalue weighted by atomic mass is 35.5. The molecule has 10 nitrogen and oxygen atoms in total. The molecule has 1 unspecified atom stereocenters. The van der Waals surface area contributed by atoms with E-state index in [0.29, 0.717) is 11.3 Å². The van der Waals surface area contributed by atoms with Crippen molar-refractivity contribution in [2.45, 2.75) is 68.7 Å². The number of nitrogens with zero attached hydrogens (tertiary/aromatic N) is 1. The van der Waals surface area contributed by atoms with Gasteiger partial charge in [-0.1, -0.05) is 41.4 Å². The van der Waals surface area contributed by atoms with Gasteiger partial charge in [0.25, 0.3) is 5.91 Å². The monoisotopic (exact) mass is 651 g/mol. The topological polar surface area (TPSA) is 131 Å². The average Bonchev–Trinajstić information content (AvgIpc) is 3.14. The van der Waals surface area contributed by atoms with Crippen molar-refractivity contribution in [2.24, 2.45) is 0 Å². The van der Waals surface area contributed by atoms with E-state index < -0.39 is 45.5 Å². The Labute approximate surface area is 265 Å². The molecule has 1 saturated heterocycles. The van der Waals surface area contributed by atoms with Gasteiger partial charge in [-0.25, -0.2) is 4.79 Å². The lowest BCUT2D eigenvalue weighted by Gasteiger charge is -2.35. The van der Waals surface area contributed by atoms with Gasteiger partial charge in [-0.3, -0.25) is 19.2 Å². The zero-order chi connectivity index (χ0) is 32.1. The molecule has 2 aromatic carbocycles. The number of esters is 2. The lowest BCUT2D eigenvalue weighted by Crippen LogP contribution is -2.59. The summed E-state index contributed by atoms with van der Waals surface area (Å²) in [5, 5.41) is 5.95. The van der Waals surface area contributed by atoms with Gasteiger partial charge in [0, 0.05) is 23.3 Å². The van der Waals surface area contributed by atoms with Crippen molar-refractivity contribution >= 4 is 70.3 Å². The van der Waals surface area contributed by atoms with Gasteiger partial charge in [-0.05, 0) is 57.5 Å². The average molecular weight is 653 g/mol. The molecule has 13 heteroatoms. The molecule has 0 radical (unpaired) electrons. The number of hydrogen-bond acceptors (Lipinski definition) is 8. The number of nitrogens with one attached hydrogen (secondary N) is 2. The SMILES string of the molecule is COC(=O)CCC(=O)N1C(C(=O)N[C@@H](Cc2ccc(NC(=O)c3c(Cl)cccc3Cl)cc2)C(=O)OC)C(C)(C)SC1(C)C. The summed E-state index contributed by atoms with van der Waals surface area (Å²) in [5.74, 6) is -2.56. The fourth-order valence-corrected chi connectivity index (χ4v) is 7.62. The van der Waals surface area contributed by atoms with Gasteiger partial charge in [0.2, 0.25) is 11.8 Å². The van der Waals surface area contributed by atoms with Crippen LogP contribution in [0.4, 0.5) is 5.69 Å². The Morgan fingerprint density at radius 2 is 1.53 bits per heavy atom. The number of methoxy groups -OCH3 is 2. The van der Waals surface area contributed by atoms with Crippen molar-refractivity contribution < 1.29 is 33.4 Å². The third kappa shape index (κ3) is 8.21. The first-order valence-corrected chi connectivity index (χ1v) is 15.0. The maximum atomic E-state index is 13.8. The third-order valence-electron chi connectivity index (χ3n) is 6.94. The highest BCUT2D eigenvalue weighted by molar-refractivity contribution is 8.02. The first kappa shape index (κ1) is 34.2. The summed E-state index contributed by atoms with van der Waals surface area (Å²) in [6.45, 7) is 7.38. The second kappa shape index (κ2) is 14.0. The van der Waals surface area contributed by atoms with Crippen molar-refractivity contribution in [1.82, 2.24) is 10.2 Å². The number of thioether (sulfide) groups is 1. The molecule has 0 bridgehead atoms. The summed E-state index contributed by atoms with van der Waals surface area (Å²) in [5.41, 5.74) is 1.30. The number of amides is 3. The fraction of sp³-hybridized carbons (Fsp3) is 0.433. The van der Waals surface area contributed by atoms with Crippen LogP contribution in [0.25, 0.3) is 0 Å². The fourth-order valence-electron chi connectivity index (χ4n) is 5.13. The second-order valence-electron chi connectivity index (χ2n) is 10.9. The summed E-state index contributed by atoms with van der Waals surface area (Å²) >= 11 is 13.7. The smallest absolute Gasteiger partial charge is 0.328 e. The molecular formula is C30H35Cl2N3O7S. The highest BCUT2D eigenvalue weighted by Gasteiger charge is 2.56. The van der Waals surface area contributed by atoms with E-state index in [1.807, 2.05) is 27.7 Å². The molecule has 2 N–H and O–H groups in total. The number of carbonyl (C=O) groups is 5. The van der Waals surface area contributed by atoms with Gasteiger partial charge >= 0.3 is 11.9 Å². The Balaban J connectivity index is 1.77. The van der Waals surface area contributed by atoms with Crippen molar-refractivity contribution in [1.29, 1.82) is 0 Å². The van der Waals surface area contributed by atoms with Crippen LogP contribution in [0.3, 0.4) is 0 Å². The van der Waals surface area contributed by atoms with Crippen LogP contribution in [0, 0.1) is 0 Å². The molecular weight excluding hydrogens is 617 g/mol. The Morgan fingerprint density at radius 1 is 0.930 bits per heavy atom. The number of rotatable bonds is 10. The van der Waals surface area contributed by atoms with Gasteiger partial charge in [-0.15, -0.1) is 11.8 Å². The standard InChI is InChI=1S/C30H35Cl2N3O7S/c1-29(2)25(35(30(3,4)43-29)22(36)14-15-23(37)41-5)27(39)34-21(28(40)42-6)16-17-10-12-18(13-11-17)33-26(38)24-19(31)8-7-9-20(24)32/h7-13,21,25H,14-16H2,1-6H3,(H,33,38)(H,34,39)/t21-,25?/m0/s1. The van der Waals surface area contributed by atoms with Gasteiger partial charge in [0.15, 0.2) is 0 Å². The maximum Gasteiger partial charge on any atom is 0.328 e. The summed E-state index contributed by atoms with van der Waals surface area (Å²) in [6, 6.07) is 9.48. The predicted molar refractivity (Wildman–Crippen MR) is 166 cm³/mol. The Kier molecular flexibility index (Phi) is 11.1. The summed E-state index contributed by atoms with van der Waals surface area (Å²) in [7, 11) is 2.47. The zero-order valence-corrected chi connectivity index (χ0v) is 27.1. The van der Waals surface area contributed by atoms with E-state index in [1.54, 1.807) is 42.5 Å². The van der Waals surface area contributed by atoms with E-state index in [2.05, 4.69) is 15.4 Å². The minimum Gasteiger partial charge on any atom is -0.469 e. The molecule has 232 valence electrons. The Morgan fingerprint density at radius 3 is 2.09 bits per heavy atom. The maximum absolute atomic E-state index is 13.8. The predicted octanol–water partition coefficient (Wildman–Crippen LogP) is 4.86. The molecule has 0 aliphatic carbocycles. The van der Waals surface area contributed by atoms with E-state index in [-0.39, 0.29) is 40.8 Å². The lowest BCUT2D eigenvalue weighted by molar-refractivity contribution is -0.149. The second-order valence-corrected chi connectivity index (χ2v) is 14.0. The van der Waals surface area contributed by atoms with Crippen LogP contribution in [-0.4, -0.2) is 70.5 Å². The summed E-state index contributed by atoms with van der Waals surface area (Å²) in [4.78, 5) is 64.9. The quantitative estimate of drug-likeness (QED) is 0.348. The van der Waals surface area contributed by atoms with E-state index in [1.165, 1.54) is 30.9 Å². The molecule has 3 amide bonds. The van der Waals surface area contributed by atoms with E-state index in [9.17, 15) is 24.0 Å². The van der Waals surface area contributed by atoms with Gasteiger partial charge in [-0.2, -0.15) is 0 Å². The number of ether oxygens (including phenoxy) is 2. The molecule has 1 aliphatic heterocycles. The van der Waals surface area contributed by atoms with Crippen molar-refractivity contribution in [3.05, 3.63) is 63.6 Å². The lowest BCUT2D eigenvalue weighted by atomic mass is 9.97. The molecule has 0 spiro atoms. The number of carbonyl (C=O) groups excluding carboxylic acids is 5. The largest absolute Gasteiger partial charge is 0.469 e. The van der Waals surface area contributed by atoms with Crippen molar-refractivity contribution in [3.8, 4) is 0 Å². The first-order chi connectivity index (χ1) is 20.1.